The van der Waals surface area contributed by atoms with Crippen molar-refractivity contribution in [2.45, 2.75) is 197 Å². The number of aliphatic hydroxyl groups excluding tert-OH is 6. The lowest BCUT2D eigenvalue weighted by Crippen LogP contribution is -2.64. The summed E-state index contributed by atoms with van der Waals surface area (Å²) in [6.45, 7) is 2.75. The first kappa shape index (κ1) is 62.4. The zero-order valence-corrected chi connectivity index (χ0v) is 41.1. The lowest BCUT2D eigenvalue weighted by molar-refractivity contribution is -0.216. The van der Waals surface area contributed by atoms with Crippen LogP contribution in [-0.2, 0) is 41.8 Å². The molecule has 0 aliphatic heterocycles. The molecule has 9 N–H and O–H groups in total. The third-order valence-corrected chi connectivity index (χ3v) is 12.0. The van der Waals surface area contributed by atoms with E-state index in [9.17, 15) is 54.3 Å². The van der Waals surface area contributed by atoms with Gasteiger partial charge in [0.05, 0.1) is 18.8 Å². The zero-order chi connectivity index (χ0) is 49.9. The third-order valence-electron chi connectivity index (χ3n) is 10.5. The Kier molecular flexibility index (Phi) is 34.7. The van der Waals surface area contributed by atoms with Crippen molar-refractivity contribution in [1.82, 2.24) is 0 Å². The summed E-state index contributed by atoms with van der Waals surface area (Å²) in [7, 11) is -10.7. The van der Waals surface area contributed by atoms with E-state index in [1.54, 1.807) is 42.5 Å². The standard InChI is InChI=1S/C47H80O18P2/c1-3-5-7-8-9-10-11-12-13-14-18-21-27-34-41(51)63-39(36-62-67(59,60)65-47-44(54)42(52)43(53)46(45(47)55)64-66(56,57)58)35-61-40(50)33-28-22-26-32-38(49)31-25-20-17-15-16-19-24-30-37(48)29-23-6-4-2/h6,16-17,19-20,23-26,30-32,37-39,42-49,52-55H,3-5,7-15,18,21-22,27-29,33-36H2,1-2H3,(H,59,60)(H2,56,57,58)/b19-16-,20-17-,23-6-,30-24+,31-25+,32-26-/t37-,38-,39-,42?,43?,44?,45?,46-,47+/m1/s1. The minimum Gasteiger partial charge on any atom is -0.462 e. The van der Waals surface area contributed by atoms with Crippen molar-refractivity contribution in [3.05, 3.63) is 72.9 Å². The molecule has 1 aliphatic carbocycles. The maximum atomic E-state index is 13.0. The smallest absolute Gasteiger partial charge is 0.462 e. The number of hydrogen-bond donors (Lipinski definition) is 9. The van der Waals surface area contributed by atoms with E-state index in [4.69, 9.17) is 28.3 Å². The molecule has 0 saturated heterocycles. The normalized spacial score (nSPS) is 23.0. The van der Waals surface area contributed by atoms with Crippen LogP contribution in [0, 0.1) is 0 Å². The molecule has 5 unspecified atom stereocenters. The monoisotopic (exact) mass is 994 g/mol. The average Bonchev–Trinajstić information content (AvgIpc) is 3.27. The molecule has 0 radical (unpaired) electrons. The molecular formula is C47H80O18P2. The number of ether oxygens (including phenoxy) is 2. The molecule has 1 aliphatic rings. The second-order valence-corrected chi connectivity index (χ2v) is 19.1. The Morgan fingerprint density at radius 1 is 0.582 bits per heavy atom. The van der Waals surface area contributed by atoms with Gasteiger partial charge in [-0.2, -0.15) is 0 Å². The van der Waals surface area contributed by atoms with E-state index >= 15 is 0 Å². The van der Waals surface area contributed by atoms with Gasteiger partial charge in [-0.1, -0.05) is 164 Å². The van der Waals surface area contributed by atoms with Gasteiger partial charge in [-0.3, -0.25) is 23.2 Å². The second-order valence-electron chi connectivity index (χ2n) is 16.5. The Labute approximate surface area is 397 Å². The van der Waals surface area contributed by atoms with E-state index in [-0.39, 0.29) is 12.8 Å². The molecule has 20 heteroatoms. The van der Waals surface area contributed by atoms with Crippen LogP contribution in [0.5, 0.6) is 0 Å². The highest BCUT2D eigenvalue weighted by molar-refractivity contribution is 7.47. The van der Waals surface area contributed by atoms with Gasteiger partial charge in [0.15, 0.2) is 6.10 Å². The van der Waals surface area contributed by atoms with Crippen LogP contribution in [0.1, 0.15) is 142 Å². The minimum atomic E-state index is -5.39. The summed E-state index contributed by atoms with van der Waals surface area (Å²) in [6.07, 6.45) is 22.1. The van der Waals surface area contributed by atoms with Crippen molar-refractivity contribution < 1.29 is 87.1 Å². The Hall–Kier alpha value is -2.64. The summed E-state index contributed by atoms with van der Waals surface area (Å²) in [5, 5.41) is 61.3. The number of allylic oxidation sites excluding steroid dienone is 8. The number of carbonyl (C=O) groups is 2. The number of carbonyl (C=O) groups excluding carboxylic acids is 2. The number of phosphoric ester groups is 2. The van der Waals surface area contributed by atoms with E-state index in [0.29, 0.717) is 32.1 Å². The fourth-order valence-corrected chi connectivity index (χ4v) is 8.30. The van der Waals surface area contributed by atoms with Crippen molar-refractivity contribution in [2.75, 3.05) is 13.2 Å². The molecule has 1 fully saturated rings. The molecule has 1 rings (SSSR count). The summed E-state index contributed by atoms with van der Waals surface area (Å²) in [6, 6.07) is 0. The molecule has 10 atom stereocenters. The fraction of sp³-hybridized carbons (Fsp3) is 0.702. The predicted octanol–water partition coefficient (Wildman–Crippen LogP) is 6.78. The highest BCUT2D eigenvalue weighted by atomic mass is 31.2. The summed E-state index contributed by atoms with van der Waals surface area (Å²) >= 11 is 0. The second kappa shape index (κ2) is 37.2. The SMILES string of the molecule is CC/C=C\C[C@@H](O)/C=C/C=C\C/C=C\C=C\[C@@H](O)/C=C\CCCC(=O)OC[C@H](COP(=O)(O)O[C@H]1C(O)C(O)C(O)[C@@H](OP(=O)(O)O)C1O)OC(=O)CCCCCCCCCCCCCCC. The van der Waals surface area contributed by atoms with Gasteiger partial charge in [0.25, 0.3) is 0 Å². The van der Waals surface area contributed by atoms with Crippen molar-refractivity contribution in [2.24, 2.45) is 0 Å². The summed E-state index contributed by atoms with van der Waals surface area (Å²) in [4.78, 5) is 54.2. The maximum absolute atomic E-state index is 13.0. The van der Waals surface area contributed by atoms with Crippen molar-refractivity contribution in [3.63, 3.8) is 0 Å². The van der Waals surface area contributed by atoms with Crippen molar-refractivity contribution in [3.8, 4) is 0 Å². The first-order chi connectivity index (χ1) is 31.9. The van der Waals surface area contributed by atoms with Crippen LogP contribution in [-0.4, -0.2) is 125 Å². The lowest BCUT2D eigenvalue weighted by Gasteiger charge is -2.43. The van der Waals surface area contributed by atoms with Crippen molar-refractivity contribution >= 4 is 27.6 Å². The number of esters is 2. The Balaban J connectivity index is 2.69. The van der Waals surface area contributed by atoms with Crippen LogP contribution >= 0.6 is 15.6 Å². The number of phosphoric acid groups is 2. The molecule has 0 amide bonds. The van der Waals surface area contributed by atoms with Gasteiger partial charge >= 0.3 is 27.6 Å². The van der Waals surface area contributed by atoms with E-state index in [0.717, 1.165) is 38.5 Å². The predicted molar refractivity (Wildman–Crippen MR) is 253 cm³/mol. The molecule has 1 saturated carbocycles. The summed E-state index contributed by atoms with van der Waals surface area (Å²) in [5.41, 5.74) is 0. The maximum Gasteiger partial charge on any atom is 0.472 e. The van der Waals surface area contributed by atoms with Gasteiger partial charge in [-0.15, -0.1) is 0 Å². The number of unbranched alkanes of at least 4 members (excludes halogenated alkanes) is 13. The zero-order valence-electron chi connectivity index (χ0n) is 39.3. The molecule has 0 bridgehead atoms. The largest absolute Gasteiger partial charge is 0.472 e. The molecular weight excluding hydrogens is 914 g/mol. The quantitative estimate of drug-likeness (QED) is 0.0101. The lowest BCUT2D eigenvalue weighted by atomic mass is 9.85. The summed E-state index contributed by atoms with van der Waals surface area (Å²) in [5.74, 6) is -1.39. The minimum absolute atomic E-state index is 0.000193. The highest BCUT2D eigenvalue weighted by Crippen LogP contribution is 2.49. The summed E-state index contributed by atoms with van der Waals surface area (Å²) < 4.78 is 49.2. The van der Waals surface area contributed by atoms with Gasteiger partial charge in [0.2, 0.25) is 0 Å². The molecule has 0 heterocycles. The van der Waals surface area contributed by atoms with Crippen LogP contribution in [0.4, 0.5) is 0 Å². The number of hydrogen-bond acceptors (Lipinski definition) is 15. The molecule has 0 spiro atoms. The Bertz CT molecular complexity index is 1610. The van der Waals surface area contributed by atoms with Gasteiger partial charge in [0.1, 0.15) is 43.2 Å². The Morgan fingerprint density at radius 3 is 1.72 bits per heavy atom. The number of rotatable bonds is 38. The van der Waals surface area contributed by atoms with E-state index in [1.165, 1.54) is 44.9 Å². The Morgan fingerprint density at radius 2 is 1.13 bits per heavy atom. The molecule has 0 aromatic carbocycles. The average molecular weight is 995 g/mol. The van der Waals surface area contributed by atoms with E-state index in [1.807, 2.05) is 37.3 Å². The topological polar surface area (TPSA) is 296 Å². The van der Waals surface area contributed by atoms with Crippen LogP contribution in [0.3, 0.4) is 0 Å². The third kappa shape index (κ3) is 32.0. The van der Waals surface area contributed by atoms with Crippen LogP contribution < -0.4 is 0 Å². The van der Waals surface area contributed by atoms with Crippen LogP contribution in [0.25, 0.3) is 0 Å². The fourth-order valence-electron chi connectivity index (χ4n) is 6.77. The van der Waals surface area contributed by atoms with Gasteiger partial charge in [0, 0.05) is 12.8 Å². The molecule has 386 valence electrons. The number of aliphatic hydroxyl groups is 6. The first-order valence-electron chi connectivity index (χ1n) is 23.7. The molecule has 0 aromatic rings. The van der Waals surface area contributed by atoms with Crippen LogP contribution in [0.2, 0.25) is 0 Å². The van der Waals surface area contributed by atoms with E-state index < -0.39 is 95.7 Å². The molecule has 18 nitrogen and oxygen atoms in total. The molecule has 0 aromatic heterocycles. The van der Waals surface area contributed by atoms with Gasteiger partial charge in [-0.05, 0) is 38.5 Å². The van der Waals surface area contributed by atoms with E-state index in [2.05, 4.69) is 11.4 Å². The van der Waals surface area contributed by atoms with Crippen LogP contribution in [0.15, 0.2) is 72.9 Å². The van der Waals surface area contributed by atoms with Crippen molar-refractivity contribution in [1.29, 1.82) is 0 Å². The molecule has 67 heavy (non-hydrogen) atoms. The first-order valence-corrected chi connectivity index (χ1v) is 26.7. The highest BCUT2D eigenvalue weighted by Gasteiger charge is 2.54. The van der Waals surface area contributed by atoms with Gasteiger partial charge in [-0.25, -0.2) is 9.13 Å². The van der Waals surface area contributed by atoms with Gasteiger partial charge < -0.3 is 54.8 Å².